The number of benzene rings is 3. The van der Waals surface area contributed by atoms with Crippen LogP contribution in [0.5, 0.6) is 11.5 Å². The molecule has 0 spiro atoms. The normalized spacial score (nSPS) is 18.8. The maximum atomic E-state index is 13.9. The summed E-state index contributed by atoms with van der Waals surface area (Å²) in [5.74, 6) is 0.349. The smallest absolute Gasteiger partial charge is 0.254 e. The number of aryl methyl sites for hydroxylation is 1. The van der Waals surface area contributed by atoms with Crippen molar-refractivity contribution in [1.82, 2.24) is 5.32 Å². The summed E-state index contributed by atoms with van der Waals surface area (Å²) in [6.07, 6.45) is 0.921. The molecule has 0 fully saturated rings. The van der Waals surface area contributed by atoms with E-state index in [9.17, 15) is 9.59 Å². The Morgan fingerprint density at radius 2 is 1.67 bits per heavy atom. The molecular formula is C32H31ClN2O4. The van der Waals surface area contributed by atoms with Crippen molar-refractivity contribution in [2.24, 2.45) is 0 Å². The van der Waals surface area contributed by atoms with Crippen molar-refractivity contribution in [3.8, 4) is 11.5 Å². The number of Topliss-reactive ketones (excluding diaryl/α,β-unsaturated/α-hetero) is 1. The van der Waals surface area contributed by atoms with Gasteiger partial charge in [0.05, 0.1) is 14.2 Å². The maximum absolute atomic E-state index is 13.9. The summed E-state index contributed by atoms with van der Waals surface area (Å²) >= 11 is 6.68. The van der Waals surface area contributed by atoms with Gasteiger partial charge in [-0.2, -0.15) is 0 Å². The molecular weight excluding hydrogens is 512 g/mol. The highest BCUT2D eigenvalue weighted by Crippen LogP contribution is 2.47. The van der Waals surface area contributed by atoms with Crippen LogP contribution in [0.4, 0.5) is 5.69 Å². The van der Waals surface area contributed by atoms with Crippen molar-refractivity contribution in [3.05, 3.63) is 111 Å². The minimum atomic E-state index is -0.584. The molecule has 3 aromatic rings. The molecule has 0 saturated heterocycles. The first-order valence-electron chi connectivity index (χ1n) is 12.9. The number of amides is 1. The molecule has 2 atom stereocenters. The second-order valence-electron chi connectivity index (χ2n) is 9.97. The van der Waals surface area contributed by atoms with Crippen LogP contribution in [0.1, 0.15) is 48.3 Å². The largest absolute Gasteiger partial charge is 0.493 e. The zero-order valence-electron chi connectivity index (χ0n) is 22.4. The van der Waals surface area contributed by atoms with Gasteiger partial charge in [-0.15, -0.1) is 0 Å². The number of carbonyl (C=O) groups is 2. The number of rotatable bonds is 6. The summed E-state index contributed by atoms with van der Waals surface area (Å²) in [7, 11) is 3.20. The van der Waals surface area contributed by atoms with Gasteiger partial charge in [0, 0.05) is 45.6 Å². The van der Waals surface area contributed by atoms with E-state index in [1.807, 2.05) is 74.5 Å². The van der Waals surface area contributed by atoms with Gasteiger partial charge in [0.15, 0.2) is 17.3 Å². The van der Waals surface area contributed by atoms with Gasteiger partial charge in [0.1, 0.15) is 0 Å². The molecule has 1 aliphatic carbocycles. The zero-order chi connectivity index (χ0) is 27.7. The molecule has 1 aliphatic heterocycles. The average Bonchev–Trinajstić information content (AvgIpc) is 2.93. The van der Waals surface area contributed by atoms with Crippen molar-refractivity contribution in [1.29, 1.82) is 0 Å². The van der Waals surface area contributed by atoms with Gasteiger partial charge >= 0.3 is 0 Å². The Hall–Kier alpha value is -4.03. The molecule has 0 aromatic heterocycles. The summed E-state index contributed by atoms with van der Waals surface area (Å²) in [5, 5.41) is 6.95. The number of hydrogen-bond acceptors (Lipinski definition) is 5. The van der Waals surface area contributed by atoms with Gasteiger partial charge < -0.3 is 20.1 Å². The summed E-state index contributed by atoms with van der Waals surface area (Å²) in [5.41, 5.74) is 6.12. The molecule has 0 bridgehead atoms. The van der Waals surface area contributed by atoms with E-state index in [2.05, 4.69) is 10.6 Å². The molecule has 0 radical (unpaired) electrons. The topological polar surface area (TPSA) is 76.7 Å². The summed E-state index contributed by atoms with van der Waals surface area (Å²) < 4.78 is 10.9. The molecule has 39 heavy (non-hydrogen) atoms. The van der Waals surface area contributed by atoms with Gasteiger partial charge in [-0.25, -0.2) is 0 Å². The van der Waals surface area contributed by atoms with Crippen molar-refractivity contribution < 1.29 is 19.1 Å². The van der Waals surface area contributed by atoms with Crippen molar-refractivity contribution in [2.75, 3.05) is 19.5 Å². The first-order chi connectivity index (χ1) is 18.8. The minimum Gasteiger partial charge on any atom is -0.493 e. The van der Waals surface area contributed by atoms with Crippen LogP contribution < -0.4 is 20.1 Å². The molecule has 200 valence electrons. The van der Waals surface area contributed by atoms with Crippen molar-refractivity contribution in [3.63, 3.8) is 0 Å². The van der Waals surface area contributed by atoms with E-state index < -0.39 is 5.92 Å². The fourth-order valence-corrected chi connectivity index (χ4v) is 5.78. The molecule has 2 aliphatic rings. The highest BCUT2D eigenvalue weighted by atomic mass is 35.5. The van der Waals surface area contributed by atoms with Crippen LogP contribution in [-0.4, -0.2) is 25.9 Å². The van der Waals surface area contributed by atoms with Gasteiger partial charge in [0.25, 0.3) is 5.91 Å². The van der Waals surface area contributed by atoms with Crippen LogP contribution in [0.15, 0.2) is 89.3 Å². The third-order valence-electron chi connectivity index (χ3n) is 7.48. The third-order valence-corrected chi connectivity index (χ3v) is 7.82. The summed E-state index contributed by atoms with van der Waals surface area (Å²) in [6, 6.07) is 20.8. The van der Waals surface area contributed by atoms with Crippen LogP contribution in [0.2, 0.25) is 5.02 Å². The predicted molar refractivity (Wildman–Crippen MR) is 153 cm³/mol. The van der Waals surface area contributed by atoms with E-state index in [-0.39, 0.29) is 17.6 Å². The van der Waals surface area contributed by atoms with Crippen LogP contribution in [0.3, 0.4) is 0 Å². The number of halogens is 1. The van der Waals surface area contributed by atoms with Crippen LogP contribution >= 0.6 is 11.6 Å². The lowest BCUT2D eigenvalue weighted by Crippen LogP contribution is -2.37. The van der Waals surface area contributed by atoms with Gasteiger partial charge in [-0.3, -0.25) is 9.59 Å². The SMILES string of the molecule is COc1ccc(C2CC(=O)C3=C(C2)NC(C)=C(C(=O)Nc2ccc(C)cc2)C3c2ccccc2Cl)cc1OC. The molecule has 3 aromatic carbocycles. The van der Waals surface area contributed by atoms with Crippen molar-refractivity contribution in [2.45, 2.75) is 38.5 Å². The Morgan fingerprint density at radius 1 is 0.949 bits per heavy atom. The highest BCUT2D eigenvalue weighted by Gasteiger charge is 2.41. The van der Waals surface area contributed by atoms with E-state index in [1.165, 1.54) is 0 Å². The quantitative estimate of drug-likeness (QED) is 0.364. The molecule has 0 saturated carbocycles. The van der Waals surface area contributed by atoms with Gasteiger partial charge in [-0.1, -0.05) is 53.6 Å². The van der Waals surface area contributed by atoms with E-state index in [1.54, 1.807) is 20.3 Å². The first-order valence-corrected chi connectivity index (χ1v) is 13.3. The fraction of sp³-hybridized carbons (Fsp3) is 0.250. The third kappa shape index (κ3) is 5.17. The Morgan fingerprint density at radius 3 is 2.36 bits per heavy atom. The predicted octanol–water partition coefficient (Wildman–Crippen LogP) is 6.67. The summed E-state index contributed by atoms with van der Waals surface area (Å²) in [6.45, 7) is 3.87. The van der Waals surface area contributed by atoms with E-state index in [0.717, 1.165) is 22.4 Å². The van der Waals surface area contributed by atoms with Crippen LogP contribution in [0, 0.1) is 6.92 Å². The first kappa shape index (κ1) is 26.6. The Labute approximate surface area is 233 Å². The molecule has 2 unspecified atom stereocenters. The van der Waals surface area contributed by atoms with E-state index >= 15 is 0 Å². The van der Waals surface area contributed by atoms with Gasteiger partial charge in [0.2, 0.25) is 0 Å². The zero-order valence-corrected chi connectivity index (χ0v) is 23.2. The Bertz CT molecular complexity index is 1510. The highest BCUT2D eigenvalue weighted by molar-refractivity contribution is 6.31. The lowest BCUT2D eigenvalue weighted by Gasteiger charge is -2.37. The monoisotopic (exact) mass is 542 g/mol. The number of anilines is 1. The number of hydrogen-bond donors (Lipinski definition) is 2. The number of carbonyl (C=O) groups excluding carboxylic acids is 2. The second-order valence-corrected chi connectivity index (χ2v) is 10.4. The molecule has 7 heteroatoms. The number of allylic oxidation sites excluding steroid dienone is 3. The molecule has 6 nitrogen and oxygen atoms in total. The Balaban J connectivity index is 1.55. The Kier molecular flexibility index (Phi) is 7.49. The maximum Gasteiger partial charge on any atom is 0.254 e. The molecule has 5 rings (SSSR count). The number of ketones is 1. The second kappa shape index (κ2) is 11.0. The van der Waals surface area contributed by atoms with E-state index in [4.69, 9.17) is 21.1 Å². The summed E-state index contributed by atoms with van der Waals surface area (Å²) in [4.78, 5) is 27.6. The lowest BCUT2D eigenvalue weighted by atomic mass is 9.71. The number of nitrogens with one attached hydrogen (secondary N) is 2. The minimum absolute atomic E-state index is 0.0124. The van der Waals surface area contributed by atoms with Crippen LogP contribution in [-0.2, 0) is 9.59 Å². The molecule has 1 amide bonds. The van der Waals surface area contributed by atoms with E-state index in [0.29, 0.717) is 51.9 Å². The van der Waals surface area contributed by atoms with Crippen LogP contribution in [0.25, 0.3) is 0 Å². The standard InChI is InChI=1S/C32H31ClN2O4/c1-18-9-12-22(13-10-18)35-32(37)29-19(2)34-25-15-21(20-11-14-27(38-3)28(17-20)39-4)16-26(36)31(25)30(29)23-7-5-6-8-24(23)33/h5-14,17,21,30,34H,15-16H2,1-4H3,(H,35,37). The fourth-order valence-electron chi connectivity index (χ4n) is 5.54. The molecule has 2 N–H and O–H groups in total. The number of methoxy groups -OCH3 is 2. The number of dihydropyridines is 1. The number of ether oxygens (including phenoxy) is 2. The average molecular weight is 543 g/mol. The molecule has 1 heterocycles. The lowest BCUT2D eigenvalue weighted by molar-refractivity contribution is -0.116. The van der Waals surface area contributed by atoms with Gasteiger partial charge in [-0.05, 0) is 67.6 Å². The van der Waals surface area contributed by atoms with Crippen molar-refractivity contribution >= 4 is 29.0 Å².